The van der Waals surface area contributed by atoms with E-state index in [1.807, 2.05) is 0 Å². The van der Waals surface area contributed by atoms with Crippen LogP contribution in [0.1, 0.15) is 5.56 Å². The van der Waals surface area contributed by atoms with Crippen molar-refractivity contribution in [2.45, 2.75) is 0 Å². The number of benzene rings is 9. The lowest BCUT2D eigenvalue weighted by molar-refractivity contribution is 1.14. The molecule has 0 unspecified atom stereocenters. The molecule has 0 amide bonds. The standard InChI is InChI=1S/C55H30BN5/c57-31-32-29-47-53-48(30-32)61-46-28-26-44-50(36-18-8-10-24-42(36)59(44)34-15-5-2-6-16-34)52(46)38-20-12-22-40(55(38)61)56(53)39-21-11-19-37-51-45(60(47)54(37)39)27-25-43-49(51)35-17-7-9-23-41(35)58(43)33-13-3-1-4-14-33/h1-30H. The third-order valence-electron chi connectivity index (χ3n) is 13.9. The Bertz CT molecular complexity index is 3910. The molecule has 61 heavy (non-hydrogen) atoms. The summed E-state index contributed by atoms with van der Waals surface area (Å²) in [4.78, 5) is 0. The molecule has 0 spiro atoms. The molecule has 0 atom stereocenters. The van der Waals surface area contributed by atoms with Gasteiger partial charge in [0.15, 0.2) is 0 Å². The highest BCUT2D eigenvalue weighted by molar-refractivity contribution is 7.00. The number of hydrogen-bond donors (Lipinski definition) is 0. The summed E-state index contributed by atoms with van der Waals surface area (Å²) in [6, 6.07) is 68.9. The molecule has 6 heterocycles. The van der Waals surface area contributed by atoms with E-state index in [-0.39, 0.29) is 6.71 Å². The molecular weight excluding hydrogens is 741 g/mol. The molecule has 0 fully saturated rings. The number of nitrogens with zero attached hydrogens (tertiary/aromatic N) is 5. The lowest BCUT2D eigenvalue weighted by atomic mass is 9.34. The van der Waals surface area contributed by atoms with Crippen LogP contribution < -0.4 is 16.4 Å². The van der Waals surface area contributed by atoms with E-state index in [1.54, 1.807) is 0 Å². The lowest BCUT2D eigenvalue weighted by Crippen LogP contribution is -2.59. The predicted octanol–water partition coefficient (Wildman–Crippen LogP) is 11.1. The predicted molar refractivity (Wildman–Crippen MR) is 253 cm³/mol. The van der Waals surface area contributed by atoms with Gasteiger partial charge in [0.1, 0.15) is 0 Å². The first-order valence-electron chi connectivity index (χ1n) is 21.0. The van der Waals surface area contributed by atoms with E-state index in [0.29, 0.717) is 5.56 Å². The van der Waals surface area contributed by atoms with Crippen molar-refractivity contribution in [2.24, 2.45) is 0 Å². The third kappa shape index (κ3) is 3.71. The number of aromatic nitrogens is 4. The van der Waals surface area contributed by atoms with Crippen LogP contribution in [0.2, 0.25) is 0 Å². The normalized spacial score (nSPS) is 12.9. The van der Waals surface area contributed by atoms with E-state index >= 15 is 0 Å². The zero-order chi connectivity index (χ0) is 39.7. The van der Waals surface area contributed by atoms with Crippen molar-refractivity contribution in [3.05, 3.63) is 188 Å². The van der Waals surface area contributed by atoms with Crippen molar-refractivity contribution in [2.75, 3.05) is 0 Å². The van der Waals surface area contributed by atoms with Crippen LogP contribution in [0, 0.1) is 11.3 Å². The van der Waals surface area contributed by atoms with Crippen LogP contribution in [-0.4, -0.2) is 25.0 Å². The monoisotopic (exact) mass is 771 g/mol. The molecule has 0 saturated carbocycles. The van der Waals surface area contributed by atoms with Crippen molar-refractivity contribution < 1.29 is 0 Å². The average molecular weight is 772 g/mol. The molecule has 5 nitrogen and oxygen atoms in total. The van der Waals surface area contributed by atoms with Gasteiger partial charge in [0.05, 0.1) is 44.7 Å². The van der Waals surface area contributed by atoms with Crippen LogP contribution in [0.3, 0.4) is 0 Å². The van der Waals surface area contributed by atoms with Gasteiger partial charge < -0.3 is 18.3 Å². The molecule has 13 aromatic rings. The fourth-order valence-corrected chi connectivity index (χ4v) is 11.8. The minimum Gasteiger partial charge on any atom is -0.310 e. The Hall–Kier alpha value is -8.27. The molecule has 6 heteroatoms. The Kier molecular flexibility index (Phi) is 5.75. The summed E-state index contributed by atoms with van der Waals surface area (Å²) in [6.45, 7) is -0.0268. The summed E-state index contributed by atoms with van der Waals surface area (Å²) >= 11 is 0. The van der Waals surface area contributed by atoms with Gasteiger partial charge in [-0.2, -0.15) is 5.26 Å². The van der Waals surface area contributed by atoms with E-state index in [9.17, 15) is 5.26 Å². The van der Waals surface area contributed by atoms with Gasteiger partial charge in [-0.05, 0) is 89.2 Å². The Balaban J connectivity index is 1.10. The van der Waals surface area contributed by atoms with Crippen LogP contribution in [0.5, 0.6) is 0 Å². The molecule has 4 aromatic heterocycles. The first kappa shape index (κ1) is 31.7. The van der Waals surface area contributed by atoms with Crippen molar-refractivity contribution >= 4 is 110 Å². The van der Waals surface area contributed by atoms with Crippen molar-refractivity contribution in [3.63, 3.8) is 0 Å². The molecule has 0 aliphatic carbocycles. The van der Waals surface area contributed by atoms with Gasteiger partial charge >= 0.3 is 0 Å². The first-order valence-corrected chi connectivity index (χ1v) is 21.0. The molecule has 278 valence electrons. The summed E-state index contributed by atoms with van der Waals surface area (Å²) in [5.41, 5.74) is 18.4. The van der Waals surface area contributed by atoms with Crippen LogP contribution in [0.15, 0.2) is 182 Å². The fourth-order valence-electron chi connectivity index (χ4n) is 11.8. The Morgan fingerprint density at radius 2 is 0.754 bits per heavy atom. The van der Waals surface area contributed by atoms with E-state index in [4.69, 9.17) is 0 Å². The summed E-state index contributed by atoms with van der Waals surface area (Å²) in [5.74, 6) is 0. The summed E-state index contributed by atoms with van der Waals surface area (Å²) < 4.78 is 9.77. The Morgan fingerprint density at radius 3 is 1.21 bits per heavy atom. The zero-order valence-corrected chi connectivity index (χ0v) is 32.6. The molecule has 9 aromatic carbocycles. The maximum absolute atomic E-state index is 10.8. The van der Waals surface area contributed by atoms with Gasteiger partial charge in [0.2, 0.25) is 0 Å². The number of para-hydroxylation sites is 6. The maximum Gasteiger partial charge on any atom is 0.252 e. The van der Waals surface area contributed by atoms with Gasteiger partial charge in [-0.1, -0.05) is 109 Å². The van der Waals surface area contributed by atoms with Crippen LogP contribution in [0.25, 0.3) is 110 Å². The van der Waals surface area contributed by atoms with Crippen molar-refractivity contribution in [1.82, 2.24) is 18.3 Å². The zero-order valence-electron chi connectivity index (χ0n) is 32.6. The van der Waals surface area contributed by atoms with Gasteiger partial charge in [0, 0.05) is 76.9 Å². The van der Waals surface area contributed by atoms with E-state index in [1.165, 1.54) is 92.6 Å². The fraction of sp³-hybridized carbons (Fsp3) is 0. The summed E-state index contributed by atoms with van der Waals surface area (Å²) in [6.07, 6.45) is 0. The van der Waals surface area contributed by atoms with Crippen LogP contribution in [0.4, 0.5) is 0 Å². The number of fused-ring (bicyclic) bond motifs is 18. The summed E-state index contributed by atoms with van der Waals surface area (Å²) in [7, 11) is 0. The molecule has 2 aliphatic rings. The second-order valence-corrected chi connectivity index (χ2v) is 16.7. The maximum atomic E-state index is 10.8. The SMILES string of the molecule is N#Cc1cc2c3c(c1)-n1c4ccc5c(c6ccccc6n5-c5ccccc5)c4c4cccc(c41)B3c1cccc3c4c5c6ccccc6n(-c6ccccc6)c5ccc4n-2c13. The number of hydrogen-bond acceptors (Lipinski definition) is 1. The lowest BCUT2D eigenvalue weighted by Gasteiger charge is -2.33. The van der Waals surface area contributed by atoms with Gasteiger partial charge in [-0.25, -0.2) is 0 Å². The van der Waals surface area contributed by atoms with Crippen LogP contribution in [-0.2, 0) is 0 Å². The second kappa shape index (κ2) is 11.1. The van der Waals surface area contributed by atoms with Crippen molar-refractivity contribution in [3.8, 4) is 28.8 Å². The third-order valence-corrected chi connectivity index (χ3v) is 13.9. The number of nitriles is 1. The molecule has 0 bridgehead atoms. The second-order valence-electron chi connectivity index (χ2n) is 16.7. The van der Waals surface area contributed by atoms with Gasteiger partial charge in [-0.3, -0.25) is 0 Å². The number of rotatable bonds is 2. The first-order chi connectivity index (χ1) is 30.3. The minimum absolute atomic E-state index is 0.0268. The molecule has 0 radical (unpaired) electrons. The molecule has 0 saturated heterocycles. The molecule has 2 aliphatic heterocycles. The van der Waals surface area contributed by atoms with Gasteiger partial charge in [-0.15, -0.1) is 0 Å². The van der Waals surface area contributed by atoms with Crippen molar-refractivity contribution in [1.29, 1.82) is 5.26 Å². The largest absolute Gasteiger partial charge is 0.310 e. The van der Waals surface area contributed by atoms with E-state index in [0.717, 1.165) is 33.8 Å². The van der Waals surface area contributed by atoms with Crippen LogP contribution >= 0.6 is 0 Å². The molecular formula is C55H30BN5. The minimum atomic E-state index is -0.0268. The summed E-state index contributed by atoms with van der Waals surface area (Å²) in [5, 5.41) is 20.7. The quantitative estimate of drug-likeness (QED) is 0.161. The molecule has 0 N–H and O–H groups in total. The average Bonchev–Trinajstić information content (AvgIpc) is 4.05. The highest BCUT2D eigenvalue weighted by Crippen LogP contribution is 2.46. The van der Waals surface area contributed by atoms with Gasteiger partial charge in [0.25, 0.3) is 6.71 Å². The Morgan fingerprint density at radius 1 is 0.361 bits per heavy atom. The highest BCUT2D eigenvalue weighted by Gasteiger charge is 2.41. The Labute approximate surface area is 348 Å². The topological polar surface area (TPSA) is 43.5 Å². The van der Waals surface area contributed by atoms with E-state index < -0.39 is 0 Å². The highest BCUT2D eigenvalue weighted by atomic mass is 15.0. The smallest absolute Gasteiger partial charge is 0.252 e. The molecule has 15 rings (SSSR count). The van der Waals surface area contributed by atoms with E-state index in [2.05, 4.69) is 206 Å².